The Kier molecular flexibility index (Phi) is 4.22. The van der Waals surface area contributed by atoms with Crippen LogP contribution in [0.4, 0.5) is 10.1 Å². The molecule has 0 heterocycles. The van der Waals surface area contributed by atoms with Gasteiger partial charge in [0, 0.05) is 16.7 Å². The molecule has 0 fully saturated rings. The molecule has 1 nitrogen and oxygen atoms in total. The average molecular weight is 246 g/mol. The highest BCUT2D eigenvalue weighted by atomic mass is 79.9. The van der Waals surface area contributed by atoms with Crippen LogP contribution in [0.5, 0.6) is 0 Å². The molecule has 0 aliphatic rings. The third-order valence-electron chi connectivity index (χ3n) is 1.68. The fraction of sp³-hybridized carbons (Fsp3) is 0.400. The fourth-order valence-corrected chi connectivity index (χ4v) is 1.75. The molecular weight excluding hydrogens is 233 g/mol. The van der Waals surface area contributed by atoms with Gasteiger partial charge in [-0.25, -0.2) is 0 Å². The van der Waals surface area contributed by atoms with E-state index in [2.05, 4.69) is 21.2 Å². The minimum absolute atomic E-state index is 0.264. The number of benzene rings is 1. The number of hydrogen-bond donors (Lipinski definition) is 1. The Morgan fingerprint density at radius 3 is 2.77 bits per heavy atom. The Hall–Kier alpha value is -0.570. The maximum absolute atomic E-state index is 11.8. The molecule has 0 saturated carbocycles. The van der Waals surface area contributed by atoms with Crippen LogP contribution in [0, 0.1) is 6.92 Å². The number of halogens is 2. The summed E-state index contributed by atoms with van der Waals surface area (Å²) in [6.07, 6.45) is 0.561. The minimum Gasteiger partial charge on any atom is -0.385 e. The van der Waals surface area contributed by atoms with Gasteiger partial charge < -0.3 is 5.32 Å². The van der Waals surface area contributed by atoms with Gasteiger partial charge in [0.2, 0.25) is 0 Å². The molecule has 13 heavy (non-hydrogen) atoms. The van der Waals surface area contributed by atoms with E-state index < -0.39 is 0 Å². The number of nitrogens with one attached hydrogen (secondary N) is 1. The molecular formula is C10H13BrFN. The van der Waals surface area contributed by atoms with Crippen LogP contribution in [-0.4, -0.2) is 13.2 Å². The van der Waals surface area contributed by atoms with Gasteiger partial charge in [-0.1, -0.05) is 15.9 Å². The van der Waals surface area contributed by atoms with Crippen LogP contribution in [-0.2, 0) is 0 Å². The van der Waals surface area contributed by atoms with Crippen molar-refractivity contribution in [3.05, 3.63) is 28.2 Å². The highest BCUT2D eigenvalue weighted by Crippen LogP contribution is 2.18. The largest absolute Gasteiger partial charge is 0.385 e. The molecule has 0 aliphatic heterocycles. The van der Waals surface area contributed by atoms with E-state index in [-0.39, 0.29) is 6.67 Å². The molecule has 1 aromatic rings. The van der Waals surface area contributed by atoms with E-state index in [1.807, 2.05) is 25.1 Å². The van der Waals surface area contributed by atoms with Crippen molar-refractivity contribution < 1.29 is 4.39 Å². The number of hydrogen-bond acceptors (Lipinski definition) is 1. The smallest absolute Gasteiger partial charge is 0.0911 e. The first-order valence-electron chi connectivity index (χ1n) is 4.29. The monoisotopic (exact) mass is 245 g/mol. The molecule has 72 valence electrons. The van der Waals surface area contributed by atoms with Crippen molar-refractivity contribution >= 4 is 21.6 Å². The molecule has 1 N–H and O–H groups in total. The summed E-state index contributed by atoms with van der Waals surface area (Å²) in [6, 6.07) is 6.08. The Balaban J connectivity index is 2.56. The van der Waals surface area contributed by atoms with Gasteiger partial charge in [-0.15, -0.1) is 0 Å². The van der Waals surface area contributed by atoms with Gasteiger partial charge in [0.05, 0.1) is 6.67 Å². The van der Waals surface area contributed by atoms with Crippen molar-refractivity contribution in [1.29, 1.82) is 0 Å². The van der Waals surface area contributed by atoms with Crippen molar-refractivity contribution in [2.75, 3.05) is 18.5 Å². The van der Waals surface area contributed by atoms with E-state index >= 15 is 0 Å². The van der Waals surface area contributed by atoms with Crippen LogP contribution in [0.1, 0.15) is 12.0 Å². The summed E-state index contributed by atoms with van der Waals surface area (Å²) >= 11 is 3.41. The number of rotatable bonds is 4. The topological polar surface area (TPSA) is 12.0 Å². The summed E-state index contributed by atoms with van der Waals surface area (Å²) in [6.45, 7) is 2.46. The summed E-state index contributed by atoms with van der Waals surface area (Å²) in [7, 11) is 0. The van der Waals surface area contributed by atoms with Crippen LogP contribution in [0.15, 0.2) is 22.7 Å². The molecule has 3 heteroatoms. The fourth-order valence-electron chi connectivity index (χ4n) is 1.14. The third kappa shape index (κ3) is 3.77. The predicted octanol–water partition coefficient (Wildman–Crippen LogP) is 3.53. The van der Waals surface area contributed by atoms with Crippen molar-refractivity contribution in [2.45, 2.75) is 13.3 Å². The molecule has 0 aromatic heterocycles. The van der Waals surface area contributed by atoms with Crippen LogP contribution in [0.25, 0.3) is 0 Å². The van der Waals surface area contributed by atoms with Gasteiger partial charge in [0.15, 0.2) is 0 Å². The molecule has 0 amide bonds. The number of alkyl halides is 1. The van der Waals surface area contributed by atoms with Gasteiger partial charge in [0.1, 0.15) is 0 Å². The van der Waals surface area contributed by atoms with Crippen molar-refractivity contribution in [1.82, 2.24) is 0 Å². The van der Waals surface area contributed by atoms with Crippen LogP contribution < -0.4 is 5.32 Å². The lowest BCUT2D eigenvalue weighted by Crippen LogP contribution is -2.02. The number of anilines is 1. The molecule has 0 bridgehead atoms. The Bertz CT molecular complexity index is 255. The standard InChI is InChI=1S/C10H13BrFN/c1-8-5-9(11)7-10(6-8)13-4-2-3-12/h5-7,13H,2-4H2,1H3. The summed E-state index contributed by atoms with van der Waals surface area (Å²) in [5.41, 5.74) is 2.23. The summed E-state index contributed by atoms with van der Waals surface area (Å²) in [4.78, 5) is 0. The van der Waals surface area contributed by atoms with Crippen molar-refractivity contribution in [2.24, 2.45) is 0 Å². The molecule has 1 rings (SSSR count). The maximum Gasteiger partial charge on any atom is 0.0911 e. The normalized spacial score (nSPS) is 10.1. The van der Waals surface area contributed by atoms with Crippen LogP contribution in [0.2, 0.25) is 0 Å². The lowest BCUT2D eigenvalue weighted by molar-refractivity contribution is 0.481. The second kappa shape index (κ2) is 5.22. The average Bonchev–Trinajstić information content (AvgIpc) is 2.03. The first kappa shape index (κ1) is 10.5. The lowest BCUT2D eigenvalue weighted by Gasteiger charge is -2.06. The van der Waals surface area contributed by atoms with E-state index in [0.29, 0.717) is 13.0 Å². The molecule has 0 atom stereocenters. The van der Waals surface area contributed by atoms with Gasteiger partial charge in [-0.3, -0.25) is 4.39 Å². The lowest BCUT2D eigenvalue weighted by atomic mass is 10.2. The number of aryl methyl sites for hydroxylation is 1. The summed E-state index contributed by atoms with van der Waals surface area (Å²) < 4.78 is 12.9. The maximum atomic E-state index is 11.8. The van der Waals surface area contributed by atoms with E-state index in [1.165, 1.54) is 5.56 Å². The second-order valence-corrected chi connectivity index (χ2v) is 3.90. The molecule has 1 aromatic carbocycles. The zero-order valence-electron chi connectivity index (χ0n) is 7.61. The van der Waals surface area contributed by atoms with Crippen LogP contribution >= 0.6 is 15.9 Å². The summed E-state index contributed by atoms with van der Waals surface area (Å²) in [5, 5.41) is 3.16. The Morgan fingerprint density at radius 1 is 1.38 bits per heavy atom. The highest BCUT2D eigenvalue weighted by Gasteiger charge is 1.95. The van der Waals surface area contributed by atoms with Gasteiger partial charge in [-0.05, 0) is 37.1 Å². The Labute approximate surface area is 86.5 Å². The van der Waals surface area contributed by atoms with E-state index in [9.17, 15) is 4.39 Å². The molecule has 0 saturated heterocycles. The molecule has 0 radical (unpaired) electrons. The molecule has 0 unspecified atom stereocenters. The minimum atomic E-state index is -0.264. The van der Waals surface area contributed by atoms with E-state index in [0.717, 1.165) is 10.2 Å². The quantitative estimate of drug-likeness (QED) is 0.801. The highest BCUT2D eigenvalue weighted by molar-refractivity contribution is 9.10. The van der Waals surface area contributed by atoms with Crippen LogP contribution in [0.3, 0.4) is 0 Å². The second-order valence-electron chi connectivity index (χ2n) is 2.99. The third-order valence-corrected chi connectivity index (χ3v) is 2.14. The first-order chi connectivity index (χ1) is 6.22. The first-order valence-corrected chi connectivity index (χ1v) is 5.08. The molecule has 0 spiro atoms. The predicted molar refractivity (Wildman–Crippen MR) is 58.0 cm³/mol. The molecule has 0 aliphatic carbocycles. The van der Waals surface area contributed by atoms with E-state index in [4.69, 9.17) is 0 Å². The zero-order valence-corrected chi connectivity index (χ0v) is 9.20. The van der Waals surface area contributed by atoms with Gasteiger partial charge in [-0.2, -0.15) is 0 Å². The van der Waals surface area contributed by atoms with E-state index in [1.54, 1.807) is 0 Å². The summed E-state index contributed by atoms with van der Waals surface area (Å²) in [5.74, 6) is 0. The zero-order chi connectivity index (χ0) is 9.68. The van der Waals surface area contributed by atoms with Crippen molar-refractivity contribution in [3.63, 3.8) is 0 Å². The SMILES string of the molecule is Cc1cc(Br)cc(NCCCF)c1. The Morgan fingerprint density at radius 2 is 2.15 bits per heavy atom. The van der Waals surface area contributed by atoms with Gasteiger partial charge in [0.25, 0.3) is 0 Å². The van der Waals surface area contributed by atoms with Crippen molar-refractivity contribution in [3.8, 4) is 0 Å². The van der Waals surface area contributed by atoms with Gasteiger partial charge >= 0.3 is 0 Å².